The molecule has 0 spiro atoms. The normalized spacial score (nSPS) is 23.1. The molecule has 5 nitrogen and oxygen atoms in total. The van der Waals surface area contributed by atoms with Gasteiger partial charge in [0.05, 0.1) is 11.8 Å². The van der Waals surface area contributed by atoms with Crippen LogP contribution in [-0.4, -0.2) is 22.1 Å². The summed E-state index contributed by atoms with van der Waals surface area (Å²) in [6, 6.07) is 1.59. The number of hydrazine groups is 1. The Morgan fingerprint density at radius 1 is 1.20 bits per heavy atom. The molecule has 1 heterocycles. The van der Waals surface area contributed by atoms with Crippen molar-refractivity contribution in [3.8, 4) is 0 Å². The highest BCUT2D eigenvalue weighted by molar-refractivity contribution is 5.80. The maximum absolute atomic E-state index is 12.9. The molecule has 2 rings (SSSR count). The lowest BCUT2D eigenvalue weighted by Gasteiger charge is -2.31. The fourth-order valence-electron chi connectivity index (χ4n) is 2.41. The van der Waals surface area contributed by atoms with Crippen LogP contribution in [-0.2, 0) is 4.79 Å². The largest absolute Gasteiger partial charge is 0.392 e. The number of alkyl halides is 3. The van der Waals surface area contributed by atoms with Crippen LogP contribution in [0.1, 0.15) is 25.7 Å². The molecule has 2 N–H and O–H groups in total. The number of rotatable bonds is 3. The van der Waals surface area contributed by atoms with E-state index in [1.165, 1.54) is 12.4 Å². The van der Waals surface area contributed by atoms with Crippen LogP contribution in [0.15, 0.2) is 18.5 Å². The van der Waals surface area contributed by atoms with Gasteiger partial charge in [0, 0.05) is 12.4 Å². The first-order chi connectivity index (χ1) is 9.48. The number of amides is 1. The van der Waals surface area contributed by atoms with Gasteiger partial charge in [-0.1, -0.05) is 12.8 Å². The van der Waals surface area contributed by atoms with Crippen LogP contribution in [0.25, 0.3) is 0 Å². The Morgan fingerprint density at radius 3 is 2.50 bits per heavy atom. The zero-order valence-corrected chi connectivity index (χ0v) is 10.7. The van der Waals surface area contributed by atoms with E-state index in [0.717, 1.165) is 0 Å². The molecule has 110 valence electrons. The van der Waals surface area contributed by atoms with Crippen LogP contribution >= 0.6 is 0 Å². The van der Waals surface area contributed by atoms with Crippen molar-refractivity contribution in [2.45, 2.75) is 31.9 Å². The molecular weight excluding hydrogens is 273 g/mol. The molecule has 0 aromatic carbocycles. The van der Waals surface area contributed by atoms with Gasteiger partial charge in [-0.2, -0.15) is 13.2 Å². The standard InChI is InChI=1S/C12H15F3N4O/c13-12(14,15)9-5-2-1-4-8(9)10(20)18-19-11-16-6-3-7-17-11/h3,6-9H,1-2,4-5H2,(H,18,20)(H,16,17,19)/t8-,9+/m1/s1. The predicted octanol–water partition coefficient (Wildman–Crippen LogP) is 2.29. The smallest absolute Gasteiger partial charge is 0.273 e. The first-order valence-electron chi connectivity index (χ1n) is 6.38. The Morgan fingerprint density at radius 2 is 1.85 bits per heavy atom. The number of nitrogens with zero attached hydrogens (tertiary/aromatic N) is 2. The second-order valence-electron chi connectivity index (χ2n) is 4.73. The minimum Gasteiger partial charge on any atom is -0.273 e. The molecule has 8 heteroatoms. The van der Waals surface area contributed by atoms with Gasteiger partial charge in [-0.3, -0.25) is 15.6 Å². The summed E-state index contributed by atoms with van der Waals surface area (Å²) in [5, 5.41) is 0. The average Bonchev–Trinajstić information content (AvgIpc) is 2.45. The first kappa shape index (κ1) is 14.5. The lowest BCUT2D eigenvalue weighted by atomic mass is 9.78. The Hall–Kier alpha value is -1.86. The molecule has 1 amide bonds. The minimum absolute atomic E-state index is 0.00340. The molecule has 1 aliphatic rings. The Balaban J connectivity index is 1.96. The van der Waals surface area contributed by atoms with Crippen molar-refractivity contribution in [1.29, 1.82) is 0 Å². The van der Waals surface area contributed by atoms with Gasteiger partial charge >= 0.3 is 6.18 Å². The van der Waals surface area contributed by atoms with Crippen LogP contribution in [0.3, 0.4) is 0 Å². The molecule has 1 saturated carbocycles. The zero-order valence-electron chi connectivity index (χ0n) is 10.7. The van der Waals surface area contributed by atoms with E-state index in [-0.39, 0.29) is 18.8 Å². The summed E-state index contributed by atoms with van der Waals surface area (Å²) in [4.78, 5) is 19.5. The van der Waals surface area contributed by atoms with Gasteiger partial charge in [-0.25, -0.2) is 9.97 Å². The third kappa shape index (κ3) is 3.58. The van der Waals surface area contributed by atoms with E-state index < -0.39 is 23.9 Å². The molecule has 1 fully saturated rings. The molecule has 0 aliphatic heterocycles. The van der Waals surface area contributed by atoms with Gasteiger partial charge in [0.1, 0.15) is 0 Å². The van der Waals surface area contributed by atoms with E-state index in [2.05, 4.69) is 20.8 Å². The molecule has 0 radical (unpaired) electrons. The third-order valence-electron chi connectivity index (χ3n) is 3.39. The van der Waals surface area contributed by atoms with E-state index in [0.29, 0.717) is 12.8 Å². The van der Waals surface area contributed by atoms with Crippen LogP contribution in [0.5, 0.6) is 0 Å². The summed E-state index contributed by atoms with van der Waals surface area (Å²) < 4.78 is 38.7. The Kier molecular flexibility index (Phi) is 4.41. The lowest BCUT2D eigenvalue weighted by Crippen LogP contribution is -2.44. The van der Waals surface area contributed by atoms with Crippen LogP contribution in [0, 0.1) is 11.8 Å². The first-order valence-corrected chi connectivity index (χ1v) is 6.38. The number of hydrogen-bond acceptors (Lipinski definition) is 4. The van der Waals surface area contributed by atoms with E-state index in [9.17, 15) is 18.0 Å². The monoisotopic (exact) mass is 288 g/mol. The highest BCUT2D eigenvalue weighted by Crippen LogP contribution is 2.41. The minimum atomic E-state index is -4.34. The number of anilines is 1. The summed E-state index contributed by atoms with van der Waals surface area (Å²) in [6.45, 7) is 0. The van der Waals surface area contributed by atoms with Gasteiger partial charge in [0.2, 0.25) is 11.9 Å². The second-order valence-corrected chi connectivity index (χ2v) is 4.73. The number of nitrogens with one attached hydrogen (secondary N) is 2. The van der Waals surface area contributed by atoms with Crippen molar-refractivity contribution < 1.29 is 18.0 Å². The summed E-state index contributed by atoms with van der Waals surface area (Å²) in [6.07, 6.45) is -0.0423. The maximum atomic E-state index is 12.9. The highest BCUT2D eigenvalue weighted by Gasteiger charge is 2.48. The number of carbonyl (C=O) groups excluding carboxylic acids is 1. The van der Waals surface area contributed by atoms with Gasteiger partial charge in [0.25, 0.3) is 0 Å². The molecule has 1 aromatic heterocycles. The predicted molar refractivity (Wildman–Crippen MR) is 65.3 cm³/mol. The van der Waals surface area contributed by atoms with Crippen molar-refractivity contribution in [3.05, 3.63) is 18.5 Å². The zero-order chi connectivity index (χ0) is 14.6. The van der Waals surface area contributed by atoms with E-state index in [1.54, 1.807) is 6.07 Å². The Labute approximate surface area is 114 Å². The van der Waals surface area contributed by atoms with E-state index >= 15 is 0 Å². The topological polar surface area (TPSA) is 66.9 Å². The van der Waals surface area contributed by atoms with E-state index in [4.69, 9.17) is 0 Å². The third-order valence-corrected chi connectivity index (χ3v) is 3.39. The second kappa shape index (κ2) is 6.06. The quantitative estimate of drug-likeness (QED) is 0.837. The lowest BCUT2D eigenvalue weighted by molar-refractivity contribution is -0.198. The van der Waals surface area contributed by atoms with Gasteiger partial charge < -0.3 is 0 Å². The molecule has 20 heavy (non-hydrogen) atoms. The molecule has 0 saturated heterocycles. The summed E-state index contributed by atoms with van der Waals surface area (Å²) in [5.41, 5.74) is 4.68. The molecule has 0 bridgehead atoms. The maximum Gasteiger partial charge on any atom is 0.392 e. The highest BCUT2D eigenvalue weighted by atomic mass is 19.4. The van der Waals surface area contributed by atoms with Crippen molar-refractivity contribution in [2.24, 2.45) is 11.8 Å². The fraction of sp³-hybridized carbons (Fsp3) is 0.583. The van der Waals surface area contributed by atoms with Gasteiger partial charge in [0.15, 0.2) is 0 Å². The number of aromatic nitrogens is 2. The molecule has 1 aliphatic carbocycles. The van der Waals surface area contributed by atoms with Gasteiger partial charge in [-0.05, 0) is 18.9 Å². The number of halogens is 3. The van der Waals surface area contributed by atoms with Crippen molar-refractivity contribution in [3.63, 3.8) is 0 Å². The summed E-state index contributed by atoms with van der Waals surface area (Å²) in [5.74, 6) is -3.16. The number of hydrogen-bond donors (Lipinski definition) is 2. The molecule has 1 aromatic rings. The summed E-state index contributed by atoms with van der Waals surface area (Å²) >= 11 is 0. The van der Waals surface area contributed by atoms with Crippen molar-refractivity contribution in [2.75, 3.05) is 5.43 Å². The van der Waals surface area contributed by atoms with Crippen molar-refractivity contribution in [1.82, 2.24) is 15.4 Å². The molecule has 0 unspecified atom stereocenters. The Bertz CT molecular complexity index is 452. The molecular formula is C12H15F3N4O. The van der Waals surface area contributed by atoms with Crippen LogP contribution in [0.2, 0.25) is 0 Å². The number of carbonyl (C=O) groups is 1. The summed E-state index contributed by atoms with van der Waals surface area (Å²) in [7, 11) is 0. The SMILES string of the molecule is O=C(NNc1ncccn1)[C@@H]1CCCC[C@@H]1C(F)(F)F. The van der Waals surface area contributed by atoms with Gasteiger partial charge in [-0.15, -0.1) is 0 Å². The van der Waals surface area contributed by atoms with Crippen molar-refractivity contribution >= 4 is 11.9 Å². The molecule has 2 atom stereocenters. The van der Waals surface area contributed by atoms with Crippen LogP contribution < -0.4 is 10.9 Å². The van der Waals surface area contributed by atoms with Crippen LogP contribution in [0.4, 0.5) is 19.1 Å². The fourth-order valence-corrected chi connectivity index (χ4v) is 2.41. The van der Waals surface area contributed by atoms with E-state index in [1.807, 2.05) is 0 Å². The average molecular weight is 288 g/mol.